The summed E-state index contributed by atoms with van der Waals surface area (Å²) in [5.74, 6) is 0.387. The van der Waals surface area contributed by atoms with E-state index >= 15 is 0 Å². The molecule has 2 aliphatic heterocycles. The molecule has 1 aromatic rings. The van der Waals surface area contributed by atoms with Gasteiger partial charge in [0.1, 0.15) is 11.6 Å². The zero-order valence-electron chi connectivity index (χ0n) is 23.4. The van der Waals surface area contributed by atoms with Crippen LogP contribution in [0, 0.1) is 5.92 Å². The Labute approximate surface area is 215 Å². The van der Waals surface area contributed by atoms with Gasteiger partial charge in [-0.05, 0) is 60.8 Å². The van der Waals surface area contributed by atoms with Crippen LogP contribution in [0.3, 0.4) is 0 Å². The number of carbonyl (C=O) groups excluding carboxylic acids is 2. The van der Waals surface area contributed by atoms with Gasteiger partial charge in [-0.1, -0.05) is 13.8 Å². The van der Waals surface area contributed by atoms with Crippen molar-refractivity contribution in [3.63, 3.8) is 0 Å². The van der Waals surface area contributed by atoms with Gasteiger partial charge in [0.15, 0.2) is 0 Å². The summed E-state index contributed by atoms with van der Waals surface area (Å²) in [6.07, 6.45) is 3.66. The van der Waals surface area contributed by atoms with Crippen molar-refractivity contribution in [2.24, 2.45) is 5.92 Å². The number of amides is 2. The van der Waals surface area contributed by atoms with Crippen molar-refractivity contribution in [2.45, 2.75) is 97.6 Å². The zero-order chi connectivity index (χ0) is 27.1. The van der Waals surface area contributed by atoms with E-state index in [4.69, 9.17) is 14.0 Å². The number of nitrogens with zero attached hydrogens (tertiary/aromatic N) is 4. The Kier molecular flexibility index (Phi) is 7.96. The molecule has 0 unspecified atom stereocenters. The van der Waals surface area contributed by atoms with E-state index in [1.165, 1.54) is 0 Å². The molecule has 36 heavy (non-hydrogen) atoms. The third kappa shape index (κ3) is 6.29. The van der Waals surface area contributed by atoms with Crippen LogP contribution < -0.4 is 15.7 Å². The van der Waals surface area contributed by atoms with Gasteiger partial charge in [-0.2, -0.15) is 0 Å². The number of carbonyl (C=O) groups is 2. The smallest absolute Gasteiger partial charge is 0.444 e. The molecule has 200 valence electrons. The lowest BCUT2D eigenvalue weighted by Gasteiger charge is -2.32. The molecule has 3 heterocycles. The molecule has 2 amide bonds. The Morgan fingerprint density at radius 2 is 1.72 bits per heavy atom. The minimum absolute atomic E-state index is 0.0611. The second kappa shape index (κ2) is 10.2. The maximum absolute atomic E-state index is 13.3. The third-order valence-corrected chi connectivity index (χ3v) is 7.13. The summed E-state index contributed by atoms with van der Waals surface area (Å²) in [6, 6.07) is -0.592. The monoisotopic (exact) mass is 503 g/mol. The van der Waals surface area contributed by atoms with Gasteiger partial charge in [-0.3, -0.25) is 4.79 Å². The number of alkyl carbamates (subject to hydrolysis) is 1. The highest BCUT2D eigenvalue weighted by Crippen LogP contribution is 2.36. The van der Waals surface area contributed by atoms with Gasteiger partial charge >= 0.3 is 13.2 Å². The maximum atomic E-state index is 13.3. The number of aromatic nitrogens is 2. The van der Waals surface area contributed by atoms with Crippen molar-refractivity contribution in [3.05, 3.63) is 12.4 Å². The second-order valence-corrected chi connectivity index (χ2v) is 12.1. The maximum Gasteiger partial charge on any atom is 0.498 e. The van der Waals surface area contributed by atoms with Crippen LogP contribution in [-0.2, 0) is 18.8 Å². The Morgan fingerprint density at radius 1 is 1.17 bits per heavy atom. The molecule has 0 bridgehead atoms. The first kappa shape index (κ1) is 28.2. The number of ether oxygens (including phenoxy) is 1. The van der Waals surface area contributed by atoms with E-state index in [0.29, 0.717) is 19.0 Å². The number of rotatable bonds is 6. The van der Waals surface area contributed by atoms with Crippen molar-refractivity contribution in [1.29, 1.82) is 0 Å². The molecular weight excluding hydrogens is 461 g/mol. The highest BCUT2D eigenvalue weighted by Gasteiger charge is 2.52. The molecule has 0 aromatic carbocycles. The number of nitrogens with one attached hydrogen (secondary N) is 1. The first-order valence-corrected chi connectivity index (χ1v) is 12.7. The molecule has 11 heteroatoms. The van der Waals surface area contributed by atoms with Gasteiger partial charge in [0.2, 0.25) is 11.9 Å². The standard InChI is InChI=1S/C25H42BN5O5/c1-16(2)19(29-22(33)34-23(3,4)5)20(32)31-12-11-18(15-31)30(10)21-27-13-17(14-28-21)26-35-24(6,7)25(8,9)36-26/h13-14,16,18-19H,11-12,15H2,1-10H3,(H,29,33)/t18-,19-/m1/s1. The van der Waals surface area contributed by atoms with Crippen molar-refractivity contribution < 1.29 is 23.6 Å². The van der Waals surface area contributed by atoms with Crippen LogP contribution in [0.5, 0.6) is 0 Å². The minimum Gasteiger partial charge on any atom is -0.444 e. The lowest BCUT2D eigenvalue weighted by atomic mass is 9.81. The van der Waals surface area contributed by atoms with Crippen LogP contribution in [0.1, 0.15) is 68.7 Å². The summed E-state index contributed by atoms with van der Waals surface area (Å²) >= 11 is 0. The topological polar surface area (TPSA) is 106 Å². The fourth-order valence-electron chi connectivity index (χ4n) is 4.18. The van der Waals surface area contributed by atoms with Gasteiger partial charge in [0.25, 0.3) is 0 Å². The van der Waals surface area contributed by atoms with Crippen molar-refractivity contribution in [1.82, 2.24) is 20.2 Å². The van der Waals surface area contributed by atoms with E-state index in [1.54, 1.807) is 38.1 Å². The van der Waals surface area contributed by atoms with E-state index in [1.807, 2.05) is 53.5 Å². The largest absolute Gasteiger partial charge is 0.498 e. The Balaban J connectivity index is 1.61. The second-order valence-electron chi connectivity index (χ2n) is 12.1. The van der Waals surface area contributed by atoms with E-state index < -0.39 is 36.1 Å². The predicted molar refractivity (Wildman–Crippen MR) is 139 cm³/mol. The van der Waals surface area contributed by atoms with Gasteiger partial charge in [0.05, 0.1) is 17.2 Å². The SMILES string of the molecule is CC(C)[C@@H](NC(=O)OC(C)(C)C)C(=O)N1CC[C@@H](N(C)c2ncc(B3OC(C)(C)C(C)(C)O3)cn2)C1. The fourth-order valence-corrected chi connectivity index (χ4v) is 4.18. The van der Waals surface area contributed by atoms with Crippen LogP contribution in [0.2, 0.25) is 0 Å². The molecule has 0 aliphatic carbocycles. The average molecular weight is 503 g/mol. The van der Waals surface area contributed by atoms with Gasteiger partial charge < -0.3 is 29.2 Å². The van der Waals surface area contributed by atoms with Crippen LogP contribution in [0.25, 0.3) is 0 Å². The molecule has 10 nitrogen and oxygen atoms in total. The average Bonchev–Trinajstić information content (AvgIpc) is 3.32. The number of likely N-dealkylation sites (N-methyl/N-ethyl adjacent to an activating group) is 1. The summed E-state index contributed by atoms with van der Waals surface area (Å²) in [5.41, 5.74) is -0.728. The number of likely N-dealkylation sites (tertiary alicyclic amines) is 1. The zero-order valence-corrected chi connectivity index (χ0v) is 23.4. The molecule has 0 radical (unpaired) electrons. The van der Waals surface area contributed by atoms with Crippen LogP contribution in [-0.4, -0.2) is 83.0 Å². The van der Waals surface area contributed by atoms with Gasteiger partial charge in [-0.25, -0.2) is 14.8 Å². The van der Waals surface area contributed by atoms with Gasteiger partial charge in [-0.15, -0.1) is 0 Å². The van der Waals surface area contributed by atoms with E-state index in [-0.39, 0.29) is 17.9 Å². The van der Waals surface area contributed by atoms with Gasteiger partial charge in [0, 0.05) is 38.0 Å². The molecule has 2 aliphatic rings. The third-order valence-electron chi connectivity index (χ3n) is 7.13. The lowest BCUT2D eigenvalue weighted by molar-refractivity contribution is -0.133. The van der Waals surface area contributed by atoms with E-state index in [9.17, 15) is 9.59 Å². The molecule has 0 saturated carbocycles. The fraction of sp³-hybridized carbons (Fsp3) is 0.760. The van der Waals surface area contributed by atoms with Crippen molar-refractivity contribution in [2.75, 3.05) is 25.0 Å². The molecule has 1 N–H and O–H groups in total. The molecule has 2 saturated heterocycles. The molecule has 0 spiro atoms. The number of hydrogen-bond donors (Lipinski definition) is 1. The molecule has 1 aromatic heterocycles. The lowest BCUT2D eigenvalue weighted by Crippen LogP contribution is -2.52. The Morgan fingerprint density at radius 3 is 2.22 bits per heavy atom. The normalized spacial score (nSPS) is 22.0. The first-order valence-electron chi connectivity index (χ1n) is 12.7. The summed E-state index contributed by atoms with van der Waals surface area (Å²) in [7, 11) is 1.42. The Bertz CT molecular complexity index is 931. The summed E-state index contributed by atoms with van der Waals surface area (Å²) < 4.78 is 17.5. The first-order chi connectivity index (χ1) is 16.5. The van der Waals surface area contributed by atoms with E-state index in [2.05, 4.69) is 15.3 Å². The number of anilines is 1. The van der Waals surface area contributed by atoms with Crippen LogP contribution in [0.4, 0.5) is 10.7 Å². The molecule has 2 fully saturated rings. The van der Waals surface area contributed by atoms with Crippen molar-refractivity contribution in [3.8, 4) is 0 Å². The molecular formula is C25H42BN5O5. The highest BCUT2D eigenvalue weighted by molar-refractivity contribution is 6.61. The summed E-state index contributed by atoms with van der Waals surface area (Å²) in [5, 5.41) is 2.76. The Hall–Kier alpha value is -2.40. The highest BCUT2D eigenvalue weighted by atomic mass is 16.7. The van der Waals surface area contributed by atoms with Crippen LogP contribution in [0.15, 0.2) is 12.4 Å². The number of hydrogen-bond acceptors (Lipinski definition) is 8. The predicted octanol–water partition coefficient (Wildman–Crippen LogP) is 2.36. The molecule has 3 rings (SSSR count). The summed E-state index contributed by atoms with van der Waals surface area (Å²) in [6.45, 7) is 18.4. The van der Waals surface area contributed by atoms with E-state index in [0.717, 1.165) is 11.9 Å². The molecule has 2 atom stereocenters. The quantitative estimate of drug-likeness (QED) is 0.590. The van der Waals surface area contributed by atoms with Crippen LogP contribution >= 0.6 is 0 Å². The summed E-state index contributed by atoms with van der Waals surface area (Å²) in [4.78, 5) is 38.4. The minimum atomic E-state index is -0.653. The van der Waals surface area contributed by atoms with Crippen molar-refractivity contribution >= 4 is 30.5 Å².